The molecule has 3 nitrogen and oxygen atoms in total. The average molecular weight is 241 g/mol. The van der Waals surface area contributed by atoms with Crippen molar-refractivity contribution in [2.45, 2.75) is 37.6 Å². The van der Waals surface area contributed by atoms with Crippen LogP contribution in [0, 0.1) is 0 Å². The molecule has 1 aromatic heterocycles. The van der Waals surface area contributed by atoms with Crippen LogP contribution in [0.1, 0.15) is 48.2 Å². The molecule has 0 bridgehead atoms. The lowest BCUT2D eigenvalue weighted by molar-refractivity contribution is 0.467. The van der Waals surface area contributed by atoms with Crippen LogP contribution in [0.2, 0.25) is 0 Å². The lowest BCUT2D eigenvalue weighted by Crippen LogP contribution is -2.19. The first-order valence-electron chi connectivity index (χ1n) is 6.67. The Kier molecular flexibility index (Phi) is 3.15. The van der Waals surface area contributed by atoms with Gasteiger partial charge < -0.3 is 10.7 Å². The zero-order valence-electron chi connectivity index (χ0n) is 10.5. The molecule has 0 amide bonds. The fraction of sp³-hybridized carbons (Fsp3) is 0.400. The number of hydrogen-bond donors (Lipinski definition) is 2. The van der Waals surface area contributed by atoms with E-state index in [9.17, 15) is 0 Å². The van der Waals surface area contributed by atoms with E-state index in [0.717, 1.165) is 12.2 Å². The minimum Gasteiger partial charge on any atom is -0.347 e. The molecule has 0 saturated heterocycles. The van der Waals surface area contributed by atoms with Crippen molar-refractivity contribution in [1.29, 1.82) is 0 Å². The molecule has 0 spiro atoms. The molecule has 0 saturated carbocycles. The van der Waals surface area contributed by atoms with Gasteiger partial charge in [-0.25, -0.2) is 4.98 Å². The van der Waals surface area contributed by atoms with Crippen molar-refractivity contribution in [3.8, 4) is 0 Å². The molecule has 94 valence electrons. The summed E-state index contributed by atoms with van der Waals surface area (Å²) in [4.78, 5) is 7.37. The van der Waals surface area contributed by atoms with Crippen LogP contribution in [0.4, 0.5) is 0 Å². The van der Waals surface area contributed by atoms with E-state index >= 15 is 0 Å². The summed E-state index contributed by atoms with van der Waals surface area (Å²) in [5.41, 5.74) is 9.23. The molecular formula is C15H19N3. The highest BCUT2D eigenvalue weighted by molar-refractivity contribution is 5.32. The smallest absolute Gasteiger partial charge is 0.123 e. The highest BCUT2D eigenvalue weighted by atomic mass is 14.9. The molecule has 0 aliphatic heterocycles. The monoisotopic (exact) mass is 241 g/mol. The van der Waals surface area contributed by atoms with Gasteiger partial charge in [-0.05, 0) is 42.7 Å². The molecule has 2 unspecified atom stereocenters. The van der Waals surface area contributed by atoms with Crippen LogP contribution in [0.5, 0.6) is 0 Å². The quantitative estimate of drug-likeness (QED) is 0.868. The number of aryl methyl sites for hydroxylation is 1. The second-order valence-electron chi connectivity index (χ2n) is 5.10. The Labute approximate surface area is 107 Å². The van der Waals surface area contributed by atoms with E-state index in [4.69, 9.17) is 5.73 Å². The summed E-state index contributed by atoms with van der Waals surface area (Å²) in [6, 6.07) is 8.79. The molecule has 1 aliphatic rings. The van der Waals surface area contributed by atoms with E-state index < -0.39 is 0 Å². The SMILES string of the molecule is NC(CC1CCCc2ccccc21)c1ncc[nH]1. The molecule has 0 radical (unpaired) electrons. The average Bonchev–Trinajstić information content (AvgIpc) is 2.93. The third kappa shape index (κ3) is 2.18. The van der Waals surface area contributed by atoms with Gasteiger partial charge in [-0.2, -0.15) is 0 Å². The maximum atomic E-state index is 6.23. The summed E-state index contributed by atoms with van der Waals surface area (Å²) >= 11 is 0. The number of fused-ring (bicyclic) bond motifs is 1. The summed E-state index contributed by atoms with van der Waals surface area (Å²) in [5.74, 6) is 1.48. The second kappa shape index (κ2) is 4.94. The van der Waals surface area contributed by atoms with E-state index in [-0.39, 0.29) is 6.04 Å². The van der Waals surface area contributed by atoms with Crippen molar-refractivity contribution in [1.82, 2.24) is 9.97 Å². The molecule has 2 atom stereocenters. The molecule has 2 aromatic rings. The van der Waals surface area contributed by atoms with Crippen molar-refractivity contribution < 1.29 is 0 Å². The number of aromatic amines is 1. The Morgan fingerprint density at radius 1 is 1.39 bits per heavy atom. The molecule has 1 aliphatic carbocycles. The number of imidazole rings is 1. The Morgan fingerprint density at radius 3 is 3.11 bits per heavy atom. The normalized spacial score (nSPS) is 20.4. The first-order valence-corrected chi connectivity index (χ1v) is 6.67. The number of hydrogen-bond acceptors (Lipinski definition) is 2. The van der Waals surface area contributed by atoms with Gasteiger partial charge in [0, 0.05) is 12.4 Å². The number of benzene rings is 1. The summed E-state index contributed by atoms with van der Waals surface area (Å²) < 4.78 is 0. The highest BCUT2D eigenvalue weighted by Crippen LogP contribution is 2.36. The lowest BCUT2D eigenvalue weighted by atomic mass is 9.79. The molecular weight excluding hydrogens is 222 g/mol. The Morgan fingerprint density at radius 2 is 2.28 bits per heavy atom. The number of rotatable bonds is 3. The standard InChI is InChI=1S/C15H19N3/c16-14(15-17-8-9-18-15)10-12-6-3-5-11-4-1-2-7-13(11)12/h1-2,4,7-9,12,14H,3,5-6,10,16H2,(H,17,18). The van der Waals surface area contributed by atoms with Crippen LogP contribution < -0.4 is 5.73 Å². The van der Waals surface area contributed by atoms with Crippen LogP contribution >= 0.6 is 0 Å². The summed E-state index contributed by atoms with van der Waals surface area (Å²) in [5, 5.41) is 0. The first kappa shape index (κ1) is 11.5. The van der Waals surface area contributed by atoms with Crippen LogP contribution in [-0.2, 0) is 6.42 Å². The predicted octanol–water partition coefficient (Wildman–Crippen LogP) is 2.92. The highest BCUT2D eigenvalue weighted by Gasteiger charge is 2.23. The Balaban J connectivity index is 1.78. The first-order chi connectivity index (χ1) is 8.84. The summed E-state index contributed by atoms with van der Waals surface area (Å²) in [6.45, 7) is 0. The van der Waals surface area contributed by atoms with Gasteiger partial charge in [-0.15, -0.1) is 0 Å². The van der Waals surface area contributed by atoms with Crippen LogP contribution in [-0.4, -0.2) is 9.97 Å². The number of aromatic nitrogens is 2. The Hall–Kier alpha value is -1.61. The maximum Gasteiger partial charge on any atom is 0.123 e. The third-order valence-corrected chi connectivity index (χ3v) is 3.90. The minimum absolute atomic E-state index is 0.0103. The van der Waals surface area contributed by atoms with E-state index in [1.807, 2.05) is 6.20 Å². The number of H-pyrrole nitrogens is 1. The summed E-state index contributed by atoms with van der Waals surface area (Å²) in [6.07, 6.45) is 8.30. The number of nitrogens with zero attached hydrogens (tertiary/aromatic N) is 1. The van der Waals surface area contributed by atoms with Crippen LogP contribution in [0.3, 0.4) is 0 Å². The number of nitrogens with two attached hydrogens (primary N) is 1. The molecule has 3 N–H and O–H groups in total. The molecule has 3 heteroatoms. The van der Waals surface area contributed by atoms with Crippen LogP contribution in [0.25, 0.3) is 0 Å². The lowest BCUT2D eigenvalue weighted by Gasteiger charge is -2.27. The molecule has 18 heavy (non-hydrogen) atoms. The van der Waals surface area contributed by atoms with Gasteiger partial charge in [0.25, 0.3) is 0 Å². The van der Waals surface area contributed by atoms with Crippen molar-refractivity contribution in [2.24, 2.45) is 5.73 Å². The van der Waals surface area contributed by atoms with E-state index in [1.54, 1.807) is 6.20 Å². The van der Waals surface area contributed by atoms with Gasteiger partial charge in [0.05, 0.1) is 6.04 Å². The minimum atomic E-state index is 0.0103. The van der Waals surface area contributed by atoms with Gasteiger partial charge in [-0.3, -0.25) is 0 Å². The van der Waals surface area contributed by atoms with Gasteiger partial charge >= 0.3 is 0 Å². The maximum absolute atomic E-state index is 6.23. The summed E-state index contributed by atoms with van der Waals surface area (Å²) in [7, 11) is 0. The predicted molar refractivity (Wildman–Crippen MR) is 72.3 cm³/mol. The van der Waals surface area contributed by atoms with Crippen LogP contribution in [0.15, 0.2) is 36.7 Å². The van der Waals surface area contributed by atoms with Crippen molar-refractivity contribution in [3.05, 3.63) is 53.6 Å². The van der Waals surface area contributed by atoms with E-state index in [1.165, 1.54) is 30.4 Å². The molecule has 0 fully saturated rings. The van der Waals surface area contributed by atoms with Gasteiger partial charge in [0.15, 0.2) is 0 Å². The third-order valence-electron chi connectivity index (χ3n) is 3.90. The number of nitrogens with one attached hydrogen (secondary N) is 1. The molecule has 3 rings (SSSR count). The van der Waals surface area contributed by atoms with E-state index in [2.05, 4.69) is 34.2 Å². The van der Waals surface area contributed by atoms with Gasteiger partial charge in [0.1, 0.15) is 5.82 Å². The zero-order chi connectivity index (χ0) is 12.4. The fourth-order valence-electron chi connectivity index (χ4n) is 3.00. The molecule has 1 aromatic carbocycles. The fourth-order valence-corrected chi connectivity index (χ4v) is 3.00. The second-order valence-corrected chi connectivity index (χ2v) is 5.10. The van der Waals surface area contributed by atoms with Crippen molar-refractivity contribution in [2.75, 3.05) is 0 Å². The van der Waals surface area contributed by atoms with E-state index in [0.29, 0.717) is 5.92 Å². The van der Waals surface area contributed by atoms with Gasteiger partial charge in [-0.1, -0.05) is 24.3 Å². The zero-order valence-corrected chi connectivity index (χ0v) is 10.5. The Bertz CT molecular complexity index is 504. The van der Waals surface area contributed by atoms with Gasteiger partial charge in [0.2, 0.25) is 0 Å². The molecule has 1 heterocycles. The topological polar surface area (TPSA) is 54.7 Å². The van der Waals surface area contributed by atoms with Crippen molar-refractivity contribution in [3.63, 3.8) is 0 Å². The van der Waals surface area contributed by atoms with Crippen molar-refractivity contribution >= 4 is 0 Å². The largest absolute Gasteiger partial charge is 0.347 e.